The lowest BCUT2D eigenvalue weighted by atomic mass is 9.54. The fraction of sp³-hybridized carbons (Fsp3) is 0.531. The first-order chi connectivity index (χ1) is 21.5. The molecule has 0 radical (unpaired) electrons. The number of hydrogen-bond acceptors (Lipinski definition) is 11. The second-order valence-electron chi connectivity index (χ2n) is 14.5. The number of carbonyl (C=O) groups is 5. The maximum Gasteiger partial charge on any atom is 0.409 e. The number of amides is 4. The average molecular weight is 658 g/mol. The number of nitrogens with one attached hydrogen (secondary N) is 3. The molecule has 0 unspecified atom stereocenters. The number of aliphatic hydroxyl groups excluding tert-OH is 3. The molecule has 1 aromatic rings. The molecule has 3 aliphatic rings. The molecule has 4 rings (SSSR count). The fourth-order valence-corrected chi connectivity index (χ4v) is 6.83. The van der Waals surface area contributed by atoms with Gasteiger partial charge in [0.1, 0.15) is 17.1 Å². The van der Waals surface area contributed by atoms with E-state index in [4.69, 9.17) is 10.5 Å². The Bertz CT molecular complexity index is 1630. The summed E-state index contributed by atoms with van der Waals surface area (Å²) in [5.41, 5.74) is -0.581. The summed E-state index contributed by atoms with van der Waals surface area (Å²) in [6.45, 7) is 11.7. The molecule has 1 saturated carbocycles. The Morgan fingerprint density at radius 3 is 2.06 bits per heavy atom. The number of rotatable bonds is 4. The summed E-state index contributed by atoms with van der Waals surface area (Å²) in [5, 5.41) is 54.5. The van der Waals surface area contributed by atoms with Crippen LogP contribution in [0.15, 0.2) is 29.0 Å². The summed E-state index contributed by atoms with van der Waals surface area (Å²) in [4.78, 5) is 68.3. The zero-order valence-corrected chi connectivity index (χ0v) is 27.8. The molecule has 1 aromatic carbocycles. The van der Waals surface area contributed by atoms with E-state index in [-0.39, 0.29) is 11.3 Å². The molecular formula is C32H43N5O10. The fourth-order valence-electron chi connectivity index (χ4n) is 6.83. The highest BCUT2D eigenvalue weighted by Crippen LogP contribution is 2.57. The Kier molecular flexibility index (Phi) is 8.66. The zero-order valence-electron chi connectivity index (χ0n) is 27.8. The van der Waals surface area contributed by atoms with Gasteiger partial charge in [-0.15, -0.1) is 0 Å². The van der Waals surface area contributed by atoms with Crippen molar-refractivity contribution in [2.75, 3.05) is 19.4 Å². The number of fused-ring (bicyclic) bond motifs is 3. The van der Waals surface area contributed by atoms with Gasteiger partial charge >= 0.3 is 12.1 Å². The number of ether oxygens (including phenoxy) is 1. The number of likely N-dealkylation sites (N-methyl/N-ethyl adjacent to an activating group) is 1. The number of alkyl carbamates (subject to hydrolysis) is 1. The van der Waals surface area contributed by atoms with Crippen LogP contribution in [0.4, 0.5) is 15.3 Å². The molecule has 15 heteroatoms. The van der Waals surface area contributed by atoms with Crippen LogP contribution in [0.2, 0.25) is 0 Å². The Hall–Kier alpha value is -4.63. The summed E-state index contributed by atoms with van der Waals surface area (Å²) >= 11 is 0. The number of ketones is 2. The van der Waals surface area contributed by atoms with E-state index < -0.39 is 105 Å². The van der Waals surface area contributed by atoms with Gasteiger partial charge in [0.15, 0.2) is 11.5 Å². The van der Waals surface area contributed by atoms with E-state index >= 15 is 0 Å². The summed E-state index contributed by atoms with van der Waals surface area (Å²) in [6.07, 6.45) is -3.01. The van der Waals surface area contributed by atoms with Crippen molar-refractivity contribution in [3.63, 3.8) is 0 Å². The number of urea groups is 1. The number of nitrogens with zero attached hydrogens (tertiary/aromatic N) is 1. The molecule has 0 aliphatic heterocycles. The predicted octanol–water partition coefficient (Wildman–Crippen LogP) is 1.95. The van der Waals surface area contributed by atoms with Crippen LogP contribution in [-0.2, 0) is 19.1 Å². The Morgan fingerprint density at radius 1 is 0.979 bits per heavy atom. The number of primary amides is 1. The average Bonchev–Trinajstić information content (AvgIpc) is 2.89. The lowest BCUT2D eigenvalue weighted by Crippen LogP contribution is -2.72. The molecule has 0 heterocycles. The van der Waals surface area contributed by atoms with Crippen molar-refractivity contribution in [3.8, 4) is 5.75 Å². The van der Waals surface area contributed by atoms with Crippen LogP contribution in [0.5, 0.6) is 5.75 Å². The third-order valence-corrected chi connectivity index (χ3v) is 8.57. The Balaban J connectivity index is 2.03. The first kappa shape index (κ1) is 35.2. The molecule has 3 aliphatic carbocycles. The van der Waals surface area contributed by atoms with Crippen molar-refractivity contribution in [3.05, 3.63) is 40.2 Å². The van der Waals surface area contributed by atoms with Crippen molar-refractivity contribution in [1.82, 2.24) is 15.5 Å². The van der Waals surface area contributed by atoms with Crippen LogP contribution >= 0.6 is 0 Å². The Labute approximate surface area is 271 Å². The van der Waals surface area contributed by atoms with E-state index in [1.165, 1.54) is 31.1 Å². The minimum absolute atomic E-state index is 0.116. The van der Waals surface area contributed by atoms with Crippen molar-refractivity contribution in [2.45, 2.75) is 83.2 Å². The minimum atomic E-state index is -2.92. The number of phenolic OH excluding ortho intramolecular Hbond substituents is 1. The lowest BCUT2D eigenvalue weighted by Gasteiger charge is -2.54. The van der Waals surface area contributed by atoms with Gasteiger partial charge in [-0.1, -0.05) is 13.0 Å². The minimum Gasteiger partial charge on any atom is -0.507 e. The number of nitrogens with two attached hydrogens (primary N) is 1. The highest BCUT2D eigenvalue weighted by atomic mass is 16.6. The van der Waals surface area contributed by atoms with Gasteiger partial charge in [0.05, 0.1) is 29.3 Å². The normalized spacial score (nSPS) is 27.5. The number of aliphatic hydroxyl groups is 3. The van der Waals surface area contributed by atoms with Crippen molar-refractivity contribution in [1.29, 1.82) is 0 Å². The molecule has 1 fully saturated rings. The molecule has 4 amide bonds. The molecule has 0 aromatic heterocycles. The third-order valence-electron chi connectivity index (χ3n) is 8.57. The molecule has 6 atom stereocenters. The highest BCUT2D eigenvalue weighted by Gasteiger charge is 2.71. The van der Waals surface area contributed by atoms with Gasteiger partial charge in [0, 0.05) is 22.6 Å². The SMILES string of the molecule is C[C@H]1c2ccc(NC(=O)NC(C)(C)C)c(O)c2C(O)=C2C(=O)[C@]3(OC(=O)NC(C)(C)C)C(O)=C(C(N)=O)C(=O)[C@@H](N(C)C)[C@@H]3[C@@H](O)[C@@H]21. The van der Waals surface area contributed by atoms with E-state index in [0.29, 0.717) is 5.56 Å². The van der Waals surface area contributed by atoms with Crippen LogP contribution in [0.25, 0.3) is 5.76 Å². The topological polar surface area (TPSA) is 241 Å². The Morgan fingerprint density at radius 2 is 1.55 bits per heavy atom. The molecule has 0 saturated heterocycles. The maximum atomic E-state index is 14.8. The molecule has 9 N–H and O–H groups in total. The highest BCUT2D eigenvalue weighted by molar-refractivity contribution is 6.25. The number of aromatic hydroxyl groups is 1. The number of phenols is 1. The van der Waals surface area contributed by atoms with Crippen LogP contribution in [-0.4, -0.2) is 97.8 Å². The van der Waals surface area contributed by atoms with Crippen LogP contribution in [0, 0.1) is 11.8 Å². The first-order valence-electron chi connectivity index (χ1n) is 15.0. The number of anilines is 1. The maximum absolute atomic E-state index is 14.8. The van der Waals surface area contributed by atoms with Gasteiger partial charge in [-0.25, -0.2) is 9.59 Å². The molecular weight excluding hydrogens is 614 g/mol. The van der Waals surface area contributed by atoms with Gasteiger partial charge in [-0.3, -0.25) is 19.3 Å². The molecule has 256 valence electrons. The summed E-state index contributed by atoms with van der Waals surface area (Å²) in [5.74, 6) is -10.1. The number of benzene rings is 1. The first-order valence-corrected chi connectivity index (χ1v) is 15.0. The molecule has 0 spiro atoms. The number of Topliss-reactive ketones (excluding diaryl/α,β-unsaturated/α-hetero) is 2. The van der Waals surface area contributed by atoms with Crippen LogP contribution < -0.4 is 21.7 Å². The second kappa shape index (κ2) is 11.6. The quantitative estimate of drug-likeness (QED) is 0.172. The largest absolute Gasteiger partial charge is 0.507 e. The predicted molar refractivity (Wildman–Crippen MR) is 169 cm³/mol. The third kappa shape index (κ3) is 5.78. The summed E-state index contributed by atoms with van der Waals surface area (Å²) in [6, 6.07) is 0.728. The summed E-state index contributed by atoms with van der Waals surface area (Å²) in [7, 11) is 2.87. The van der Waals surface area contributed by atoms with E-state index in [1.807, 2.05) is 0 Å². The van der Waals surface area contributed by atoms with Gasteiger partial charge in [0.25, 0.3) is 5.91 Å². The zero-order chi connectivity index (χ0) is 35.7. The molecule has 0 bridgehead atoms. The smallest absolute Gasteiger partial charge is 0.409 e. The van der Waals surface area contributed by atoms with Gasteiger partial charge < -0.3 is 46.8 Å². The van der Waals surface area contributed by atoms with E-state index in [0.717, 1.165) is 0 Å². The number of hydrogen-bond donors (Lipinski definition) is 8. The molecule has 15 nitrogen and oxygen atoms in total. The number of carbonyl (C=O) groups excluding carboxylic acids is 5. The van der Waals surface area contributed by atoms with Gasteiger partial charge in [-0.2, -0.15) is 0 Å². The van der Waals surface area contributed by atoms with Gasteiger partial charge in [0.2, 0.25) is 11.4 Å². The van der Waals surface area contributed by atoms with Crippen LogP contribution in [0.3, 0.4) is 0 Å². The monoisotopic (exact) mass is 657 g/mol. The van der Waals surface area contributed by atoms with Crippen molar-refractivity contribution in [2.24, 2.45) is 17.6 Å². The van der Waals surface area contributed by atoms with Crippen LogP contribution in [0.1, 0.15) is 65.5 Å². The van der Waals surface area contributed by atoms with E-state index in [9.17, 15) is 44.4 Å². The summed E-state index contributed by atoms with van der Waals surface area (Å²) < 4.78 is 5.71. The van der Waals surface area contributed by atoms with E-state index in [1.54, 1.807) is 48.5 Å². The lowest BCUT2D eigenvalue weighted by molar-refractivity contribution is -0.170. The van der Waals surface area contributed by atoms with E-state index in [2.05, 4.69) is 16.0 Å². The van der Waals surface area contributed by atoms with Crippen molar-refractivity contribution >= 4 is 41.0 Å². The van der Waals surface area contributed by atoms with Crippen molar-refractivity contribution < 1.29 is 49.1 Å². The van der Waals surface area contributed by atoms with Gasteiger partial charge in [-0.05, 0) is 73.2 Å². The molecule has 47 heavy (non-hydrogen) atoms. The standard InChI is InChI=1S/C32H43N5O10/c1-12-13-10-11-14(34-28(45)35-30(2,3)4)21(38)16(13)22(39)17-15(12)23(40)19-20(37(8)9)24(41)18(27(33)44)26(43)32(19,25(17)42)47-29(46)36-31(5,6)7/h10-12,15,19-20,23,38-40,43H,1-9H3,(H2,33,44)(H,36,46)(H2,34,35,45)/t12-,15+,19+,20-,23-,32-/m0/s1. The second-order valence-corrected chi connectivity index (χ2v) is 14.5.